The van der Waals surface area contributed by atoms with Gasteiger partial charge in [-0.15, -0.1) is 0 Å². The van der Waals surface area contributed by atoms with Crippen molar-refractivity contribution >= 4 is 21.8 Å². The molecule has 0 aliphatic carbocycles. The summed E-state index contributed by atoms with van der Waals surface area (Å²) in [5.41, 5.74) is 6.41. The highest BCUT2D eigenvalue weighted by molar-refractivity contribution is 7.86. The quantitative estimate of drug-likeness (QED) is 0.610. The van der Waals surface area contributed by atoms with E-state index in [4.69, 9.17) is 10.9 Å². The first-order valence-electron chi connectivity index (χ1n) is 5.39. The minimum Gasteiger partial charge on any atom is -0.397 e. The summed E-state index contributed by atoms with van der Waals surface area (Å²) in [5, 5.41) is 5.02. The van der Waals surface area contributed by atoms with Gasteiger partial charge in [0.25, 0.3) is 16.1 Å². The highest BCUT2D eigenvalue weighted by Gasteiger charge is 2.27. The van der Waals surface area contributed by atoms with Crippen molar-refractivity contribution in [3.05, 3.63) is 18.0 Å². The summed E-state index contributed by atoms with van der Waals surface area (Å²) in [5.74, 6) is -0.194. The highest BCUT2D eigenvalue weighted by Crippen LogP contribution is 2.11. The Kier molecular flexibility index (Phi) is 3.28. The maximum atomic E-state index is 12.0. The second kappa shape index (κ2) is 4.59. The van der Waals surface area contributed by atoms with E-state index in [1.54, 1.807) is 11.0 Å². The fourth-order valence-corrected chi connectivity index (χ4v) is 2.52. The van der Waals surface area contributed by atoms with E-state index in [9.17, 15) is 13.2 Å². The maximum Gasteiger partial charge on any atom is 0.277 e. The average molecular weight is 273 g/mol. The molecule has 18 heavy (non-hydrogen) atoms. The molecule has 2 heterocycles. The lowest BCUT2D eigenvalue weighted by molar-refractivity contribution is 0.0692. The van der Waals surface area contributed by atoms with Crippen LogP contribution >= 0.6 is 0 Å². The fraction of sp³-hybridized carbons (Fsp3) is 0.444. The van der Waals surface area contributed by atoms with Gasteiger partial charge in [0.05, 0.1) is 0 Å². The minimum absolute atomic E-state index is 0.194. The Bertz CT molecular complexity index is 544. The first kappa shape index (κ1) is 12.9. The zero-order valence-electron chi connectivity index (χ0n) is 9.67. The number of aromatic amines is 1. The van der Waals surface area contributed by atoms with E-state index in [1.807, 2.05) is 0 Å². The van der Waals surface area contributed by atoms with Crippen LogP contribution in [-0.2, 0) is 10.2 Å². The third-order valence-electron chi connectivity index (χ3n) is 2.82. The smallest absolute Gasteiger partial charge is 0.277 e. The van der Waals surface area contributed by atoms with Crippen molar-refractivity contribution in [1.82, 2.24) is 14.2 Å². The van der Waals surface area contributed by atoms with Gasteiger partial charge in [-0.25, -0.2) is 5.14 Å². The molecule has 8 nitrogen and oxygen atoms in total. The van der Waals surface area contributed by atoms with E-state index in [0.717, 1.165) is 4.31 Å². The molecule has 1 fully saturated rings. The van der Waals surface area contributed by atoms with Gasteiger partial charge in [-0.1, -0.05) is 0 Å². The van der Waals surface area contributed by atoms with Crippen molar-refractivity contribution in [3.8, 4) is 0 Å². The molecule has 100 valence electrons. The van der Waals surface area contributed by atoms with E-state index in [1.165, 1.54) is 6.20 Å². The first-order chi connectivity index (χ1) is 8.38. The van der Waals surface area contributed by atoms with Crippen molar-refractivity contribution in [2.75, 3.05) is 31.9 Å². The second-order valence-corrected chi connectivity index (χ2v) is 5.63. The van der Waals surface area contributed by atoms with E-state index in [0.29, 0.717) is 24.5 Å². The number of hydrogen-bond acceptors (Lipinski definition) is 4. The van der Waals surface area contributed by atoms with Crippen molar-refractivity contribution in [2.24, 2.45) is 5.14 Å². The molecular formula is C9H15N5O3S. The molecule has 1 aromatic heterocycles. The number of carbonyl (C=O) groups excluding carboxylic acids is 1. The number of nitrogens with one attached hydrogen (secondary N) is 1. The van der Waals surface area contributed by atoms with Crippen LogP contribution in [0.4, 0.5) is 5.69 Å². The van der Waals surface area contributed by atoms with Gasteiger partial charge in [0.1, 0.15) is 5.69 Å². The van der Waals surface area contributed by atoms with Gasteiger partial charge >= 0.3 is 0 Å². The Morgan fingerprint density at radius 1 is 1.28 bits per heavy atom. The number of nitrogens with zero attached hydrogens (tertiary/aromatic N) is 2. The second-order valence-electron chi connectivity index (χ2n) is 4.08. The molecule has 1 saturated heterocycles. The molecule has 1 aromatic rings. The Morgan fingerprint density at radius 2 is 1.89 bits per heavy atom. The summed E-state index contributed by atoms with van der Waals surface area (Å²) < 4.78 is 23.4. The van der Waals surface area contributed by atoms with Crippen molar-refractivity contribution < 1.29 is 13.2 Å². The molecule has 5 N–H and O–H groups in total. The standard InChI is InChI=1S/C9H15N5O3S/c10-7-5-8(12-6-7)9(15)13-1-3-14(4-2-13)18(11,16)17/h5-6,12H,1-4,10H2,(H2,11,16,17). The van der Waals surface area contributed by atoms with Gasteiger partial charge in [-0.2, -0.15) is 12.7 Å². The summed E-state index contributed by atoms with van der Waals surface area (Å²) in [6, 6.07) is 1.55. The lowest BCUT2D eigenvalue weighted by Crippen LogP contribution is -2.52. The number of hydrogen-bond donors (Lipinski definition) is 3. The summed E-state index contributed by atoms with van der Waals surface area (Å²) in [4.78, 5) is 16.3. The zero-order valence-corrected chi connectivity index (χ0v) is 10.5. The van der Waals surface area contributed by atoms with Gasteiger partial charge in [0.15, 0.2) is 0 Å². The van der Waals surface area contributed by atoms with Crippen molar-refractivity contribution in [1.29, 1.82) is 0 Å². The summed E-state index contributed by atoms with van der Waals surface area (Å²) in [6.45, 7) is 1.05. The molecule has 1 aliphatic heterocycles. The molecule has 1 amide bonds. The number of rotatable bonds is 2. The topological polar surface area (TPSA) is 126 Å². The number of nitrogen functional groups attached to an aromatic ring is 1. The van der Waals surface area contributed by atoms with Crippen molar-refractivity contribution in [3.63, 3.8) is 0 Å². The summed E-state index contributed by atoms with van der Waals surface area (Å²) >= 11 is 0. The van der Waals surface area contributed by atoms with Gasteiger partial charge in [0, 0.05) is 38.1 Å². The number of piperazine rings is 1. The molecule has 1 aliphatic rings. The highest BCUT2D eigenvalue weighted by atomic mass is 32.2. The third kappa shape index (κ3) is 2.63. The van der Waals surface area contributed by atoms with Crippen LogP contribution in [0.5, 0.6) is 0 Å². The maximum absolute atomic E-state index is 12.0. The number of H-pyrrole nitrogens is 1. The van der Waals surface area contributed by atoms with Crippen LogP contribution in [0, 0.1) is 0 Å². The van der Waals surface area contributed by atoms with Crippen LogP contribution in [0.3, 0.4) is 0 Å². The van der Waals surface area contributed by atoms with Crippen LogP contribution in [0.25, 0.3) is 0 Å². The van der Waals surface area contributed by atoms with Gasteiger partial charge < -0.3 is 15.6 Å². The molecule has 0 spiro atoms. The molecule has 2 rings (SSSR count). The molecule has 0 unspecified atom stereocenters. The van der Waals surface area contributed by atoms with Crippen LogP contribution in [0.15, 0.2) is 12.3 Å². The average Bonchev–Trinajstić information content (AvgIpc) is 2.74. The SMILES string of the molecule is Nc1c[nH]c(C(=O)N2CCN(S(N)(=O)=O)CC2)c1. The van der Waals surface area contributed by atoms with E-state index in [2.05, 4.69) is 4.98 Å². The Labute approximate surface area is 105 Å². The minimum atomic E-state index is -3.67. The van der Waals surface area contributed by atoms with Crippen LogP contribution in [-0.4, -0.2) is 54.7 Å². The number of carbonyl (C=O) groups is 1. The van der Waals surface area contributed by atoms with Crippen LogP contribution in [0.2, 0.25) is 0 Å². The van der Waals surface area contributed by atoms with Gasteiger partial charge in [0.2, 0.25) is 0 Å². The Balaban J connectivity index is 2.00. The lowest BCUT2D eigenvalue weighted by atomic mass is 10.3. The number of aromatic nitrogens is 1. The molecule has 0 aromatic carbocycles. The number of anilines is 1. The van der Waals surface area contributed by atoms with E-state index in [-0.39, 0.29) is 19.0 Å². The van der Waals surface area contributed by atoms with Gasteiger partial charge in [-0.3, -0.25) is 4.79 Å². The number of amides is 1. The summed E-state index contributed by atoms with van der Waals surface area (Å²) in [6.07, 6.45) is 1.54. The van der Waals surface area contributed by atoms with Crippen molar-refractivity contribution in [2.45, 2.75) is 0 Å². The summed E-state index contributed by atoms with van der Waals surface area (Å²) in [7, 11) is -3.67. The van der Waals surface area contributed by atoms with E-state index < -0.39 is 10.2 Å². The predicted molar refractivity (Wildman–Crippen MR) is 65.8 cm³/mol. The molecule has 0 saturated carbocycles. The van der Waals surface area contributed by atoms with E-state index >= 15 is 0 Å². The van der Waals surface area contributed by atoms with Crippen LogP contribution < -0.4 is 10.9 Å². The fourth-order valence-electron chi connectivity index (χ4n) is 1.85. The molecule has 0 atom stereocenters. The Morgan fingerprint density at radius 3 is 2.33 bits per heavy atom. The van der Waals surface area contributed by atoms with Crippen LogP contribution in [0.1, 0.15) is 10.5 Å². The normalized spacial score (nSPS) is 17.9. The first-order valence-corrected chi connectivity index (χ1v) is 6.89. The molecular weight excluding hydrogens is 258 g/mol. The zero-order chi connectivity index (χ0) is 13.3. The van der Waals surface area contributed by atoms with Gasteiger partial charge in [-0.05, 0) is 6.07 Å². The molecule has 0 radical (unpaired) electrons. The lowest BCUT2D eigenvalue weighted by Gasteiger charge is -2.32. The predicted octanol–water partition coefficient (Wildman–Crippen LogP) is -1.44. The Hall–Kier alpha value is -1.58. The largest absolute Gasteiger partial charge is 0.397 e. The number of nitrogens with two attached hydrogens (primary N) is 2. The monoisotopic (exact) mass is 273 g/mol. The third-order valence-corrected chi connectivity index (χ3v) is 3.91. The molecule has 9 heteroatoms. The molecule has 0 bridgehead atoms.